The predicted octanol–water partition coefficient (Wildman–Crippen LogP) is 0.932. The summed E-state index contributed by atoms with van der Waals surface area (Å²) in [7, 11) is 1.71. The van der Waals surface area contributed by atoms with Crippen LogP contribution in [0.1, 0.15) is 20.3 Å². The van der Waals surface area contributed by atoms with Crippen molar-refractivity contribution in [2.75, 3.05) is 26.8 Å². The van der Waals surface area contributed by atoms with Gasteiger partial charge in [-0.1, -0.05) is 6.92 Å². The van der Waals surface area contributed by atoms with Gasteiger partial charge in [0.25, 0.3) is 0 Å². The molecule has 0 aliphatic carbocycles. The van der Waals surface area contributed by atoms with Crippen molar-refractivity contribution in [3.8, 4) is 0 Å². The van der Waals surface area contributed by atoms with Crippen LogP contribution in [0.15, 0.2) is 0 Å². The molecule has 0 aromatic rings. The summed E-state index contributed by atoms with van der Waals surface area (Å²) < 4.78 is 5.03. The maximum Gasteiger partial charge on any atom is 0.138 e. The normalized spacial score (nSPS) is 30.8. The van der Waals surface area contributed by atoms with Crippen LogP contribution in [0.5, 0.6) is 0 Å². The highest BCUT2D eigenvalue weighted by atomic mass is 16.5. The Balaban J connectivity index is 2.44. The summed E-state index contributed by atoms with van der Waals surface area (Å²) in [5.41, 5.74) is 0. The lowest BCUT2D eigenvalue weighted by molar-refractivity contribution is -0.128. The second-order valence-corrected chi connectivity index (χ2v) is 3.77. The van der Waals surface area contributed by atoms with Gasteiger partial charge in [-0.25, -0.2) is 0 Å². The van der Waals surface area contributed by atoms with Gasteiger partial charge in [-0.3, -0.25) is 9.69 Å². The zero-order valence-electron chi connectivity index (χ0n) is 8.75. The Morgan fingerprint density at radius 3 is 2.85 bits per heavy atom. The van der Waals surface area contributed by atoms with Crippen LogP contribution in [-0.4, -0.2) is 43.5 Å². The summed E-state index contributed by atoms with van der Waals surface area (Å²) in [6.07, 6.45) is 0.704. The summed E-state index contributed by atoms with van der Waals surface area (Å²) in [4.78, 5) is 13.7. The molecular weight excluding hydrogens is 166 g/mol. The van der Waals surface area contributed by atoms with Crippen LogP contribution < -0.4 is 0 Å². The van der Waals surface area contributed by atoms with Crippen LogP contribution in [0.2, 0.25) is 0 Å². The van der Waals surface area contributed by atoms with Gasteiger partial charge in [-0.15, -0.1) is 0 Å². The molecule has 3 heteroatoms. The summed E-state index contributed by atoms with van der Waals surface area (Å²) in [6.45, 7) is 6.73. The molecule has 2 atom stereocenters. The molecule has 0 unspecified atom stereocenters. The standard InChI is InChI=1S/C10H19NO2/c1-8-9(2)11(6-7-13-3)5-4-10(8)12/h8-9H,4-7H2,1-3H3/t8-,9-/m1/s1. The average molecular weight is 185 g/mol. The molecule has 0 radical (unpaired) electrons. The fourth-order valence-corrected chi connectivity index (χ4v) is 1.79. The van der Waals surface area contributed by atoms with Crippen LogP contribution in [0, 0.1) is 5.92 Å². The number of nitrogens with zero attached hydrogens (tertiary/aromatic N) is 1. The molecule has 0 bridgehead atoms. The quantitative estimate of drug-likeness (QED) is 0.655. The molecule has 0 aromatic carbocycles. The van der Waals surface area contributed by atoms with Gasteiger partial charge in [0, 0.05) is 38.6 Å². The van der Waals surface area contributed by atoms with Crippen molar-refractivity contribution >= 4 is 5.78 Å². The number of carbonyl (C=O) groups excluding carboxylic acids is 1. The van der Waals surface area contributed by atoms with E-state index in [0.717, 1.165) is 19.7 Å². The molecule has 1 rings (SSSR count). The van der Waals surface area contributed by atoms with Crippen LogP contribution in [0.4, 0.5) is 0 Å². The van der Waals surface area contributed by atoms with Gasteiger partial charge >= 0.3 is 0 Å². The monoisotopic (exact) mass is 185 g/mol. The highest BCUT2D eigenvalue weighted by Gasteiger charge is 2.29. The zero-order valence-corrected chi connectivity index (χ0v) is 8.75. The molecule has 1 fully saturated rings. The number of Topliss-reactive ketones (excluding diaryl/α,β-unsaturated/α-hetero) is 1. The van der Waals surface area contributed by atoms with E-state index in [9.17, 15) is 4.79 Å². The largest absolute Gasteiger partial charge is 0.383 e. The molecule has 1 heterocycles. The predicted molar refractivity (Wildman–Crippen MR) is 51.7 cm³/mol. The van der Waals surface area contributed by atoms with E-state index in [4.69, 9.17) is 4.74 Å². The summed E-state index contributed by atoms with van der Waals surface area (Å²) in [6, 6.07) is 0.372. The van der Waals surface area contributed by atoms with Crippen molar-refractivity contribution in [1.29, 1.82) is 0 Å². The highest BCUT2D eigenvalue weighted by molar-refractivity contribution is 5.82. The maximum atomic E-state index is 11.4. The zero-order chi connectivity index (χ0) is 9.84. The van der Waals surface area contributed by atoms with Crippen molar-refractivity contribution in [2.24, 2.45) is 5.92 Å². The first-order valence-electron chi connectivity index (χ1n) is 4.92. The minimum Gasteiger partial charge on any atom is -0.383 e. The van der Waals surface area contributed by atoms with Gasteiger partial charge in [0.2, 0.25) is 0 Å². The fourth-order valence-electron chi connectivity index (χ4n) is 1.79. The van der Waals surface area contributed by atoms with Gasteiger partial charge in [0.05, 0.1) is 6.61 Å². The minimum absolute atomic E-state index is 0.186. The Morgan fingerprint density at radius 1 is 1.54 bits per heavy atom. The molecule has 1 aliphatic rings. The van der Waals surface area contributed by atoms with Crippen LogP contribution in [-0.2, 0) is 9.53 Å². The number of piperidine rings is 1. The molecule has 1 saturated heterocycles. The number of hydrogen-bond donors (Lipinski definition) is 0. The lowest BCUT2D eigenvalue weighted by atomic mass is 9.91. The van der Waals surface area contributed by atoms with Crippen LogP contribution in [0.25, 0.3) is 0 Å². The number of ketones is 1. The second kappa shape index (κ2) is 4.72. The Bertz CT molecular complexity index is 182. The number of rotatable bonds is 3. The van der Waals surface area contributed by atoms with E-state index in [1.54, 1.807) is 7.11 Å². The first-order valence-corrected chi connectivity index (χ1v) is 4.92. The molecule has 0 aromatic heterocycles. The number of ether oxygens (including phenoxy) is 1. The minimum atomic E-state index is 0.186. The van der Waals surface area contributed by atoms with Crippen LogP contribution in [0.3, 0.4) is 0 Å². The lowest BCUT2D eigenvalue weighted by Crippen LogP contribution is -2.47. The van der Waals surface area contributed by atoms with E-state index in [-0.39, 0.29) is 5.92 Å². The maximum absolute atomic E-state index is 11.4. The molecule has 0 amide bonds. The van der Waals surface area contributed by atoms with Crippen molar-refractivity contribution < 1.29 is 9.53 Å². The Hall–Kier alpha value is -0.410. The molecule has 0 N–H and O–H groups in total. The topological polar surface area (TPSA) is 29.5 Å². The third kappa shape index (κ3) is 2.51. The highest BCUT2D eigenvalue weighted by Crippen LogP contribution is 2.19. The molecule has 0 spiro atoms. The Kier molecular flexibility index (Phi) is 3.88. The summed E-state index contributed by atoms with van der Waals surface area (Å²) in [5.74, 6) is 0.590. The first kappa shape index (κ1) is 10.7. The third-order valence-corrected chi connectivity index (χ3v) is 3.04. The molecule has 3 nitrogen and oxygen atoms in total. The molecular formula is C10H19NO2. The number of carbonyl (C=O) groups is 1. The van der Waals surface area contributed by atoms with E-state index in [2.05, 4.69) is 11.8 Å². The number of methoxy groups -OCH3 is 1. The molecule has 76 valence electrons. The third-order valence-electron chi connectivity index (χ3n) is 3.04. The molecule has 0 saturated carbocycles. The summed E-state index contributed by atoms with van der Waals surface area (Å²) in [5, 5.41) is 0. The fraction of sp³-hybridized carbons (Fsp3) is 0.900. The van der Waals surface area contributed by atoms with Crippen molar-refractivity contribution in [1.82, 2.24) is 4.90 Å². The van der Waals surface area contributed by atoms with Crippen molar-refractivity contribution in [2.45, 2.75) is 26.3 Å². The number of hydrogen-bond acceptors (Lipinski definition) is 3. The first-order chi connectivity index (χ1) is 6.16. The molecule has 13 heavy (non-hydrogen) atoms. The van der Waals surface area contributed by atoms with E-state index in [1.165, 1.54) is 0 Å². The van der Waals surface area contributed by atoms with E-state index < -0.39 is 0 Å². The summed E-state index contributed by atoms with van der Waals surface area (Å²) >= 11 is 0. The van der Waals surface area contributed by atoms with Gasteiger partial charge in [-0.05, 0) is 6.92 Å². The second-order valence-electron chi connectivity index (χ2n) is 3.77. The van der Waals surface area contributed by atoms with Gasteiger partial charge in [0.1, 0.15) is 5.78 Å². The number of likely N-dealkylation sites (tertiary alicyclic amines) is 1. The van der Waals surface area contributed by atoms with E-state index >= 15 is 0 Å². The smallest absolute Gasteiger partial charge is 0.138 e. The SMILES string of the molecule is COCCN1CCC(=O)[C@H](C)[C@H]1C. The van der Waals surface area contributed by atoms with E-state index in [0.29, 0.717) is 18.2 Å². The van der Waals surface area contributed by atoms with Crippen molar-refractivity contribution in [3.63, 3.8) is 0 Å². The average Bonchev–Trinajstić information content (AvgIpc) is 2.13. The van der Waals surface area contributed by atoms with Gasteiger partial charge < -0.3 is 4.74 Å². The van der Waals surface area contributed by atoms with Gasteiger partial charge in [-0.2, -0.15) is 0 Å². The Morgan fingerprint density at radius 2 is 2.23 bits per heavy atom. The van der Waals surface area contributed by atoms with E-state index in [1.807, 2.05) is 6.92 Å². The lowest BCUT2D eigenvalue weighted by Gasteiger charge is -2.36. The van der Waals surface area contributed by atoms with Crippen LogP contribution >= 0.6 is 0 Å². The van der Waals surface area contributed by atoms with Gasteiger partial charge in [0.15, 0.2) is 0 Å². The Labute approximate surface area is 80.1 Å². The molecule has 1 aliphatic heterocycles. The van der Waals surface area contributed by atoms with Crippen molar-refractivity contribution in [3.05, 3.63) is 0 Å².